The van der Waals surface area contributed by atoms with Gasteiger partial charge in [-0.05, 0) is 31.2 Å². The molecule has 2 aromatic heterocycles. The number of nitrogens with zero attached hydrogens (tertiary/aromatic N) is 2. The van der Waals surface area contributed by atoms with Gasteiger partial charge in [0.1, 0.15) is 10.6 Å². The molecule has 8 heteroatoms. The van der Waals surface area contributed by atoms with E-state index >= 15 is 0 Å². The number of hydrogen-bond acceptors (Lipinski definition) is 7. The molecule has 112 valence electrons. The summed E-state index contributed by atoms with van der Waals surface area (Å²) in [4.78, 5) is 23.1. The highest BCUT2D eigenvalue weighted by Crippen LogP contribution is 2.22. The molecule has 0 atom stereocenters. The van der Waals surface area contributed by atoms with E-state index in [2.05, 4.69) is 15.5 Å². The van der Waals surface area contributed by atoms with Crippen molar-refractivity contribution in [3.8, 4) is 0 Å². The van der Waals surface area contributed by atoms with E-state index < -0.39 is 5.63 Å². The molecule has 0 saturated heterocycles. The van der Waals surface area contributed by atoms with Gasteiger partial charge in [0.05, 0.1) is 5.75 Å². The summed E-state index contributed by atoms with van der Waals surface area (Å²) >= 11 is 2.81. The molecule has 3 rings (SSSR count). The van der Waals surface area contributed by atoms with Gasteiger partial charge in [0.2, 0.25) is 5.91 Å². The van der Waals surface area contributed by atoms with Crippen LogP contribution in [0.25, 0.3) is 11.0 Å². The Morgan fingerprint density at radius 3 is 2.95 bits per heavy atom. The number of amides is 1. The number of carbonyl (C=O) groups is 1. The molecule has 1 aromatic carbocycles. The lowest BCUT2D eigenvalue weighted by Crippen LogP contribution is -2.13. The number of hydrogen-bond donors (Lipinski definition) is 1. The molecule has 0 aliphatic rings. The molecule has 0 fully saturated rings. The fourth-order valence-electron chi connectivity index (χ4n) is 1.81. The average molecular weight is 333 g/mol. The van der Waals surface area contributed by atoms with Crippen LogP contribution in [-0.4, -0.2) is 21.9 Å². The first kappa shape index (κ1) is 14.7. The Hall–Kier alpha value is -2.19. The van der Waals surface area contributed by atoms with Crippen molar-refractivity contribution in [2.75, 3.05) is 11.1 Å². The predicted octanol–water partition coefficient (Wildman–Crippen LogP) is 2.68. The summed E-state index contributed by atoms with van der Waals surface area (Å²) in [7, 11) is 0. The molecule has 0 bridgehead atoms. The molecule has 0 aliphatic carbocycles. The van der Waals surface area contributed by atoms with E-state index in [0.29, 0.717) is 11.3 Å². The van der Waals surface area contributed by atoms with Gasteiger partial charge in [-0.1, -0.05) is 23.1 Å². The number of aromatic nitrogens is 2. The Bertz CT molecular complexity index is 888. The van der Waals surface area contributed by atoms with Gasteiger partial charge in [-0.15, -0.1) is 10.2 Å². The lowest BCUT2D eigenvalue weighted by atomic mass is 10.2. The smallest absolute Gasteiger partial charge is 0.336 e. The van der Waals surface area contributed by atoms with Crippen molar-refractivity contribution in [1.82, 2.24) is 10.2 Å². The second-order valence-electron chi connectivity index (χ2n) is 4.43. The minimum absolute atomic E-state index is 0.130. The SMILES string of the molecule is Cc1nnc(SCC(=O)Nc2ccc3oc(=O)ccc3c2)s1. The van der Waals surface area contributed by atoms with Crippen molar-refractivity contribution in [3.05, 3.63) is 45.8 Å². The van der Waals surface area contributed by atoms with Gasteiger partial charge in [-0.3, -0.25) is 4.79 Å². The maximum Gasteiger partial charge on any atom is 0.336 e. The maximum atomic E-state index is 11.9. The van der Waals surface area contributed by atoms with Gasteiger partial charge in [-0.2, -0.15) is 0 Å². The molecule has 1 N–H and O–H groups in total. The lowest BCUT2D eigenvalue weighted by molar-refractivity contribution is -0.113. The first-order valence-corrected chi connectivity index (χ1v) is 8.17. The third kappa shape index (κ3) is 3.52. The molecular weight excluding hydrogens is 322 g/mol. The molecule has 2 heterocycles. The van der Waals surface area contributed by atoms with Crippen LogP contribution in [0.5, 0.6) is 0 Å². The van der Waals surface area contributed by atoms with Crippen molar-refractivity contribution in [2.45, 2.75) is 11.3 Å². The van der Waals surface area contributed by atoms with Crippen molar-refractivity contribution >= 4 is 45.7 Å². The fraction of sp³-hybridized carbons (Fsp3) is 0.143. The summed E-state index contributed by atoms with van der Waals surface area (Å²) in [6.45, 7) is 1.87. The molecule has 3 aromatic rings. The molecule has 1 amide bonds. The summed E-state index contributed by atoms with van der Waals surface area (Å²) in [5.74, 6) is 0.130. The van der Waals surface area contributed by atoms with Gasteiger partial charge in [0.15, 0.2) is 4.34 Å². The van der Waals surface area contributed by atoms with Crippen LogP contribution in [0.15, 0.2) is 43.9 Å². The molecule has 0 spiro atoms. The fourth-order valence-corrected chi connectivity index (χ4v) is 3.43. The normalized spacial score (nSPS) is 10.8. The second-order valence-corrected chi connectivity index (χ2v) is 6.83. The second kappa shape index (κ2) is 6.29. The van der Waals surface area contributed by atoms with Crippen LogP contribution in [0, 0.1) is 6.92 Å². The highest BCUT2D eigenvalue weighted by Gasteiger charge is 2.07. The summed E-state index contributed by atoms with van der Waals surface area (Å²) < 4.78 is 5.81. The minimum atomic E-state index is -0.395. The third-order valence-corrected chi connectivity index (χ3v) is 4.71. The molecule has 0 unspecified atom stereocenters. The molecule has 6 nitrogen and oxygen atoms in total. The lowest BCUT2D eigenvalue weighted by Gasteiger charge is -2.05. The number of fused-ring (bicyclic) bond motifs is 1. The van der Waals surface area contributed by atoms with Crippen LogP contribution in [0.2, 0.25) is 0 Å². The van der Waals surface area contributed by atoms with Crippen LogP contribution in [0.4, 0.5) is 5.69 Å². The van der Waals surface area contributed by atoms with E-state index in [1.807, 2.05) is 6.92 Å². The number of carbonyl (C=O) groups excluding carboxylic acids is 1. The van der Waals surface area contributed by atoms with Crippen LogP contribution in [-0.2, 0) is 4.79 Å². The largest absolute Gasteiger partial charge is 0.423 e. The highest BCUT2D eigenvalue weighted by atomic mass is 32.2. The van der Waals surface area contributed by atoms with E-state index in [0.717, 1.165) is 14.7 Å². The van der Waals surface area contributed by atoms with E-state index in [9.17, 15) is 9.59 Å². The van der Waals surface area contributed by atoms with Crippen LogP contribution in [0.1, 0.15) is 5.01 Å². The Balaban J connectivity index is 1.66. The number of anilines is 1. The van der Waals surface area contributed by atoms with Gasteiger partial charge in [0.25, 0.3) is 0 Å². The van der Waals surface area contributed by atoms with Gasteiger partial charge in [-0.25, -0.2) is 4.79 Å². The summed E-state index contributed by atoms with van der Waals surface area (Å²) in [6.07, 6.45) is 0. The highest BCUT2D eigenvalue weighted by molar-refractivity contribution is 8.01. The number of thioether (sulfide) groups is 1. The van der Waals surface area contributed by atoms with Crippen LogP contribution in [0.3, 0.4) is 0 Å². The maximum absolute atomic E-state index is 11.9. The summed E-state index contributed by atoms with van der Waals surface area (Å²) in [5.41, 5.74) is 0.748. The Morgan fingerprint density at radius 2 is 2.18 bits per heavy atom. The topological polar surface area (TPSA) is 85.1 Å². The monoisotopic (exact) mass is 333 g/mol. The number of benzene rings is 1. The van der Waals surface area contributed by atoms with Gasteiger partial charge >= 0.3 is 5.63 Å². The van der Waals surface area contributed by atoms with E-state index in [1.54, 1.807) is 24.3 Å². The van der Waals surface area contributed by atoms with Crippen molar-refractivity contribution in [1.29, 1.82) is 0 Å². The minimum Gasteiger partial charge on any atom is -0.423 e. The Kier molecular flexibility index (Phi) is 4.21. The number of aryl methyl sites for hydroxylation is 1. The summed E-state index contributed by atoms with van der Waals surface area (Å²) in [5, 5.41) is 12.3. The Morgan fingerprint density at radius 1 is 1.32 bits per heavy atom. The average Bonchev–Trinajstić information content (AvgIpc) is 2.91. The predicted molar refractivity (Wildman–Crippen MR) is 86.5 cm³/mol. The van der Waals surface area contributed by atoms with Crippen LogP contribution < -0.4 is 10.9 Å². The first-order chi connectivity index (χ1) is 10.6. The molecule has 0 aliphatic heterocycles. The zero-order valence-corrected chi connectivity index (χ0v) is 13.2. The van der Waals surface area contributed by atoms with Crippen molar-refractivity contribution in [2.24, 2.45) is 0 Å². The number of nitrogens with one attached hydrogen (secondary N) is 1. The molecular formula is C14H11N3O3S2. The first-order valence-electron chi connectivity index (χ1n) is 6.37. The molecule has 22 heavy (non-hydrogen) atoms. The van der Waals surface area contributed by atoms with E-state index in [-0.39, 0.29) is 11.7 Å². The standard InChI is InChI=1S/C14H11N3O3S2/c1-8-16-17-14(22-8)21-7-12(18)15-10-3-4-11-9(6-10)2-5-13(19)20-11/h2-6H,7H2,1H3,(H,15,18). The van der Waals surface area contributed by atoms with E-state index in [1.165, 1.54) is 29.2 Å². The summed E-state index contributed by atoms with van der Waals surface area (Å²) in [6, 6.07) is 8.13. The Labute approximate surface area is 133 Å². The zero-order valence-electron chi connectivity index (χ0n) is 11.5. The number of rotatable bonds is 4. The zero-order chi connectivity index (χ0) is 15.5. The quantitative estimate of drug-likeness (QED) is 0.584. The van der Waals surface area contributed by atoms with Gasteiger partial charge in [0, 0.05) is 17.1 Å². The third-order valence-electron chi connectivity index (χ3n) is 2.74. The molecule has 0 saturated carbocycles. The van der Waals surface area contributed by atoms with Crippen molar-refractivity contribution < 1.29 is 9.21 Å². The van der Waals surface area contributed by atoms with Crippen LogP contribution >= 0.6 is 23.1 Å². The molecule has 0 radical (unpaired) electrons. The van der Waals surface area contributed by atoms with E-state index in [4.69, 9.17) is 4.42 Å². The van der Waals surface area contributed by atoms with Gasteiger partial charge < -0.3 is 9.73 Å². The van der Waals surface area contributed by atoms with Crippen molar-refractivity contribution in [3.63, 3.8) is 0 Å².